The molecular weight excluding hydrogens is 663 g/mol. The minimum absolute atomic E-state index is 0.0116. The summed E-state index contributed by atoms with van der Waals surface area (Å²) in [6.45, 7) is 3.11. The van der Waals surface area contributed by atoms with Gasteiger partial charge in [0.15, 0.2) is 0 Å². The molecule has 0 saturated heterocycles. The van der Waals surface area contributed by atoms with Gasteiger partial charge in [-0.05, 0) is 73.5 Å². The van der Waals surface area contributed by atoms with Crippen LogP contribution in [0.1, 0.15) is 21.5 Å². The zero-order valence-electron chi connectivity index (χ0n) is 22.5. The Bertz CT molecular complexity index is 2320. The lowest BCUT2D eigenvalue weighted by Gasteiger charge is -2.16. The molecule has 4 rings (SSSR count). The fourth-order valence-corrected chi connectivity index (χ4v) is 7.69. The van der Waals surface area contributed by atoms with Gasteiger partial charge in [0.25, 0.3) is 46.3 Å². The van der Waals surface area contributed by atoms with Crippen LogP contribution in [0.3, 0.4) is 0 Å². The largest absolute Gasteiger partial charge is 0.399 e. The lowest BCUT2D eigenvalue weighted by molar-refractivity contribution is 0.102. The molecule has 7 N–H and O–H groups in total. The Morgan fingerprint density at radius 2 is 1.27 bits per heavy atom. The second-order valence-corrected chi connectivity index (χ2v) is 15.3. The first-order valence-electron chi connectivity index (χ1n) is 11.9. The third-order valence-electron chi connectivity index (χ3n) is 6.36. The highest BCUT2D eigenvalue weighted by molar-refractivity contribution is 7.92. The van der Waals surface area contributed by atoms with Gasteiger partial charge in [0.05, 0.1) is 21.2 Å². The van der Waals surface area contributed by atoms with Gasteiger partial charge in [0.1, 0.15) is 9.79 Å². The van der Waals surface area contributed by atoms with Crippen LogP contribution in [0.4, 0.5) is 17.1 Å². The predicted molar refractivity (Wildman–Crippen MR) is 159 cm³/mol. The second kappa shape index (κ2) is 11.1. The number of sulfonamides is 1. The standard InChI is InChI=1S/C25H23N3O12S4/c1-13-3-5-15(9-20(13)28-41(30,31)22-10-16(26)6-4-14(22)2)25(29)27-19-7-8-21(43(35,36)37)18-11-17(42(32,33)34)12-23(24(18)19)44(38,39)40/h3-12,28H,26H2,1-2H3,(H,27,29)(H,32,33,34)(H,35,36,37)(H,38,39,40). The van der Waals surface area contributed by atoms with E-state index in [0.29, 0.717) is 23.3 Å². The van der Waals surface area contributed by atoms with Crippen LogP contribution in [0.15, 0.2) is 80.2 Å². The predicted octanol–water partition coefficient (Wildman–Crippen LogP) is 2.83. The Balaban J connectivity index is 1.85. The summed E-state index contributed by atoms with van der Waals surface area (Å²) in [6.07, 6.45) is 0. The summed E-state index contributed by atoms with van der Waals surface area (Å²) in [7, 11) is -19.9. The van der Waals surface area contributed by atoms with Crippen LogP contribution >= 0.6 is 0 Å². The molecule has 0 aliphatic heterocycles. The Morgan fingerprint density at radius 1 is 0.659 bits per heavy atom. The van der Waals surface area contributed by atoms with E-state index in [9.17, 15) is 52.1 Å². The Morgan fingerprint density at radius 3 is 1.86 bits per heavy atom. The van der Waals surface area contributed by atoms with Gasteiger partial charge >= 0.3 is 0 Å². The maximum atomic E-state index is 13.3. The van der Waals surface area contributed by atoms with Crippen molar-refractivity contribution in [1.82, 2.24) is 0 Å². The number of amides is 1. The van der Waals surface area contributed by atoms with Crippen LogP contribution in [0, 0.1) is 13.8 Å². The summed E-state index contributed by atoms with van der Waals surface area (Å²) < 4.78 is 130. The Labute approximate surface area is 252 Å². The van der Waals surface area contributed by atoms with Crippen molar-refractivity contribution in [2.45, 2.75) is 33.4 Å². The van der Waals surface area contributed by atoms with Gasteiger partial charge in [-0.15, -0.1) is 0 Å². The van der Waals surface area contributed by atoms with Gasteiger partial charge < -0.3 is 11.1 Å². The molecule has 19 heteroatoms. The lowest BCUT2D eigenvalue weighted by atomic mass is 10.1. The van der Waals surface area contributed by atoms with Crippen LogP contribution in [0.5, 0.6) is 0 Å². The number of carbonyl (C=O) groups is 1. The molecule has 0 saturated carbocycles. The van der Waals surface area contributed by atoms with E-state index in [0.717, 1.165) is 12.1 Å². The zero-order chi connectivity index (χ0) is 33.0. The molecule has 1 amide bonds. The van der Waals surface area contributed by atoms with Crippen molar-refractivity contribution < 1.29 is 52.1 Å². The number of aryl methyl sites for hydroxylation is 2. The van der Waals surface area contributed by atoms with Crippen LogP contribution in [-0.4, -0.2) is 53.2 Å². The zero-order valence-corrected chi connectivity index (χ0v) is 25.8. The summed E-state index contributed by atoms with van der Waals surface area (Å²) in [5.74, 6) is -0.980. The third-order valence-corrected chi connectivity index (χ3v) is 10.5. The molecule has 0 aromatic heterocycles. The molecule has 15 nitrogen and oxygen atoms in total. The molecule has 0 aliphatic carbocycles. The number of hydrogen-bond donors (Lipinski definition) is 6. The van der Waals surface area contributed by atoms with Gasteiger partial charge in [-0.25, -0.2) is 8.42 Å². The van der Waals surface area contributed by atoms with Crippen LogP contribution < -0.4 is 15.8 Å². The summed E-state index contributed by atoms with van der Waals surface area (Å²) >= 11 is 0. The minimum atomic E-state index is -5.35. The monoisotopic (exact) mass is 685 g/mol. The van der Waals surface area contributed by atoms with Crippen LogP contribution in [0.25, 0.3) is 10.8 Å². The van der Waals surface area contributed by atoms with Gasteiger partial charge in [-0.2, -0.15) is 25.3 Å². The molecule has 0 radical (unpaired) electrons. The summed E-state index contributed by atoms with van der Waals surface area (Å²) in [5, 5.41) is 0.795. The van der Waals surface area contributed by atoms with Gasteiger partial charge in [-0.1, -0.05) is 12.1 Å². The molecule has 0 spiro atoms. The minimum Gasteiger partial charge on any atom is -0.399 e. The molecule has 0 fully saturated rings. The van der Waals surface area contributed by atoms with Gasteiger partial charge in [-0.3, -0.25) is 23.2 Å². The van der Waals surface area contributed by atoms with E-state index in [4.69, 9.17) is 5.73 Å². The highest BCUT2D eigenvalue weighted by Gasteiger charge is 2.27. The smallest absolute Gasteiger partial charge is 0.295 e. The number of benzene rings is 4. The number of nitrogen functional groups attached to an aromatic ring is 1. The maximum absolute atomic E-state index is 13.3. The number of hydrogen-bond acceptors (Lipinski definition) is 10. The van der Waals surface area contributed by atoms with E-state index in [2.05, 4.69) is 10.0 Å². The topological polar surface area (TPSA) is 264 Å². The molecule has 0 atom stereocenters. The summed E-state index contributed by atoms with van der Waals surface area (Å²) in [6, 6.07) is 10.6. The van der Waals surface area contributed by atoms with Crippen molar-refractivity contribution in [1.29, 1.82) is 0 Å². The van der Waals surface area contributed by atoms with E-state index in [1.165, 1.54) is 36.4 Å². The molecule has 0 aliphatic rings. The van der Waals surface area contributed by atoms with Crippen molar-refractivity contribution in [2.24, 2.45) is 0 Å². The van der Waals surface area contributed by atoms with Crippen molar-refractivity contribution >= 4 is 74.1 Å². The Hall–Kier alpha value is -4.11. The van der Waals surface area contributed by atoms with Gasteiger partial charge in [0.2, 0.25) is 0 Å². The number of fused-ring (bicyclic) bond motifs is 1. The second-order valence-electron chi connectivity index (χ2n) is 9.49. The first-order valence-corrected chi connectivity index (χ1v) is 17.7. The average molecular weight is 686 g/mol. The number of nitrogens with one attached hydrogen (secondary N) is 2. The Kier molecular flexibility index (Phi) is 8.28. The molecule has 4 aromatic carbocycles. The highest BCUT2D eigenvalue weighted by atomic mass is 32.2. The molecule has 4 aromatic rings. The van der Waals surface area contributed by atoms with Crippen molar-refractivity contribution in [3.63, 3.8) is 0 Å². The molecule has 0 bridgehead atoms. The van der Waals surface area contributed by atoms with Crippen molar-refractivity contribution in [3.05, 3.63) is 77.4 Å². The normalized spacial score (nSPS) is 12.7. The number of rotatable bonds is 8. The average Bonchev–Trinajstić information content (AvgIpc) is 2.88. The quantitative estimate of drug-likeness (QED) is 0.115. The summed E-state index contributed by atoms with van der Waals surface area (Å²) in [4.78, 5) is 9.82. The van der Waals surface area contributed by atoms with E-state index >= 15 is 0 Å². The number of nitrogens with two attached hydrogens (primary N) is 1. The number of anilines is 3. The third kappa shape index (κ3) is 6.68. The number of carbonyl (C=O) groups excluding carboxylic acids is 1. The first kappa shape index (κ1) is 32.8. The van der Waals surface area contributed by atoms with E-state index in [1.54, 1.807) is 13.8 Å². The molecule has 0 heterocycles. The first-order chi connectivity index (χ1) is 20.1. The van der Waals surface area contributed by atoms with Crippen molar-refractivity contribution in [2.75, 3.05) is 15.8 Å². The van der Waals surface area contributed by atoms with E-state index < -0.39 is 77.4 Å². The molecular formula is C25H23N3O12S4. The highest BCUT2D eigenvalue weighted by Crippen LogP contribution is 2.37. The van der Waals surface area contributed by atoms with E-state index in [1.807, 2.05) is 0 Å². The summed E-state index contributed by atoms with van der Waals surface area (Å²) in [5.41, 5.74) is 6.08. The van der Waals surface area contributed by atoms with Gasteiger partial charge in [0, 0.05) is 22.0 Å². The molecule has 234 valence electrons. The van der Waals surface area contributed by atoms with E-state index in [-0.39, 0.29) is 21.8 Å². The van der Waals surface area contributed by atoms with Crippen molar-refractivity contribution in [3.8, 4) is 0 Å². The fourth-order valence-electron chi connectivity index (χ4n) is 4.25. The van der Waals surface area contributed by atoms with Crippen LogP contribution in [0.2, 0.25) is 0 Å². The molecule has 44 heavy (non-hydrogen) atoms. The maximum Gasteiger partial charge on any atom is 0.295 e. The van der Waals surface area contributed by atoms with Crippen LogP contribution in [-0.2, 0) is 40.4 Å². The SMILES string of the molecule is Cc1ccc(C(=O)Nc2ccc(S(=O)(=O)O)c3cc(S(=O)(=O)O)cc(S(=O)(=O)O)c23)cc1NS(=O)(=O)c1cc(N)ccc1C. The fraction of sp³-hybridized carbons (Fsp3) is 0.0800. The molecule has 0 unspecified atom stereocenters. The lowest BCUT2D eigenvalue weighted by Crippen LogP contribution is -2.17.